The molecule has 93 valence electrons. The summed E-state index contributed by atoms with van der Waals surface area (Å²) in [4.78, 5) is 0. The van der Waals surface area contributed by atoms with E-state index >= 15 is 0 Å². The van der Waals surface area contributed by atoms with Crippen molar-refractivity contribution in [2.24, 2.45) is 0 Å². The molecule has 0 aliphatic heterocycles. The zero-order chi connectivity index (χ0) is 12.6. The minimum atomic E-state index is -1.13. The molecule has 0 unspecified atom stereocenters. The lowest BCUT2D eigenvalue weighted by atomic mass is 10.5. The van der Waals surface area contributed by atoms with Gasteiger partial charge in [-0.25, -0.2) is 0 Å². The highest BCUT2D eigenvalue weighted by molar-refractivity contribution is 7.80. The van der Waals surface area contributed by atoms with Gasteiger partial charge in [-0.15, -0.1) is 0 Å². The molecule has 0 aliphatic rings. The molecule has 0 aromatic rings. The van der Waals surface area contributed by atoms with Crippen LogP contribution < -0.4 is 0 Å². The molecule has 0 atom stereocenters. The molecule has 0 aliphatic carbocycles. The monoisotopic (exact) mass is 277 g/mol. The number of thiocarbonyl (C=S) groups is 1. The molecule has 3 radical (unpaired) electrons. The summed E-state index contributed by atoms with van der Waals surface area (Å²) in [6.07, 6.45) is 1.28. The van der Waals surface area contributed by atoms with Gasteiger partial charge >= 0.3 is 8.80 Å². The number of hydrogen-bond donors (Lipinski definition) is 0. The molecule has 0 saturated heterocycles. The molecule has 0 rings (SSSR count). The quantitative estimate of drug-likeness (QED) is 0.503. The van der Waals surface area contributed by atoms with E-state index in [1.54, 1.807) is 7.11 Å². The van der Waals surface area contributed by atoms with Gasteiger partial charge in [-0.2, -0.15) is 0 Å². The Bertz CT molecular complexity index is 191. The third-order valence-electron chi connectivity index (χ3n) is 1.51. The second kappa shape index (κ2) is 9.29. The summed E-state index contributed by atoms with van der Waals surface area (Å²) in [5, 5.41) is 0.669. The molecular formula is C10H21O3SSi2. The second-order valence-electron chi connectivity index (χ2n) is 3.87. The van der Waals surface area contributed by atoms with E-state index < -0.39 is 8.80 Å². The van der Waals surface area contributed by atoms with Crippen LogP contribution in [0.4, 0.5) is 0 Å². The van der Waals surface area contributed by atoms with Crippen LogP contribution in [0.25, 0.3) is 0 Å². The summed E-state index contributed by atoms with van der Waals surface area (Å²) in [6, 6.07) is 1.00. The first-order chi connectivity index (χ1) is 7.45. The van der Waals surface area contributed by atoms with Crippen LogP contribution in [0.5, 0.6) is 0 Å². The van der Waals surface area contributed by atoms with Gasteiger partial charge in [0.2, 0.25) is 0 Å². The predicted molar refractivity (Wildman–Crippen MR) is 73.0 cm³/mol. The van der Waals surface area contributed by atoms with Gasteiger partial charge < -0.3 is 13.6 Å². The number of methoxy groups -OCH3 is 1. The van der Waals surface area contributed by atoms with E-state index in [2.05, 4.69) is 0 Å². The first-order valence-electron chi connectivity index (χ1n) is 5.46. The van der Waals surface area contributed by atoms with Crippen molar-refractivity contribution in [3.8, 4) is 0 Å². The molecular weight excluding hydrogens is 256 g/mol. The molecule has 0 heterocycles. The molecule has 0 N–H and O–H groups in total. The van der Waals surface area contributed by atoms with Crippen molar-refractivity contribution in [1.82, 2.24) is 0 Å². The molecule has 16 heavy (non-hydrogen) atoms. The fourth-order valence-electron chi connectivity index (χ4n) is 0.908. The Morgan fingerprint density at radius 2 is 1.69 bits per heavy atom. The topological polar surface area (TPSA) is 27.7 Å². The maximum atomic E-state index is 5.78. The third kappa shape index (κ3) is 9.47. The number of ether oxygens (including phenoxy) is 1. The Hall–Kier alpha value is 0.244. The standard InChI is InChI=1S/C10H21O3SSi2/c1-8(2)12-16(13-9(3)4)15-7-6-10(14)11-5/h8-9H,6-7H2,1-5H3. The zero-order valence-corrected chi connectivity index (χ0v) is 13.5. The third-order valence-corrected chi connectivity index (χ3v) is 6.37. The van der Waals surface area contributed by atoms with Crippen molar-refractivity contribution in [2.75, 3.05) is 7.11 Å². The van der Waals surface area contributed by atoms with Gasteiger partial charge in [0.15, 0.2) is 5.05 Å². The summed E-state index contributed by atoms with van der Waals surface area (Å²) in [6.45, 7) is 8.16. The van der Waals surface area contributed by atoms with Crippen LogP contribution in [-0.4, -0.2) is 42.2 Å². The SMILES string of the molecule is COC(=S)CC[Si][Si](OC(C)C)OC(C)C. The normalized spacial score (nSPS) is 11.5. The number of hydrogen-bond acceptors (Lipinski definition) is 4. The summed E-state index contributed by atoms with van der Waals surface area (Å²) in [7, 11) is 1.18. The molecule has 0 spiro atoms. The van der Waals surface area contributed by atoms with Gasteiger partial charge in [-0.05, 0) is 39.9 Å². The van der Waals surface area contributed by atoms with Gasteiger partial charge in [-0.1, -0.05) is 6.04 Å². The average Bonchev–Trinajstić information content (AvgIpc) is 2.15. The van der Waals surface area contributed by atoms with Crippen LogP contribution >= 0.6 is 12.2 Å². The van der Waals surface area contributed by atoms with Crippen molar-refractivity contribution in [1.29, 1.82) is 0 Å². The lowest BCUT2D eigenvalue weighted by Gasteiger charge is -2.19. The van der Waals surface area contributed by atoms with Gasteiger partial charge in [0.1, 0.15) is 9.04 Å². The van der Waals surface area contributed by atoms with Crippen LogP contribution in [0.1, 0.15) is 34.1 Å². The molecule has 0 aromatic heterocycles. The Kier molecular flexibility index (Phi) is 9.43. The van der Waals surface area contributed by atoms with Gasteiger partial charge in [-0.3, -0.25) is 0 Å². The van der Waals surface area contributed by atoms with Crippen molar-refractivity contribution in [3.63, 3.8) is 0 Å². The van der Waals surface area contributed by atoms with E-state index in [4.69, 9.17) is 25.8 Å². The van der Waals surface area contributed by atoms with E-state index in [0.29, 0.717) is 14.1 Å². The fourth-order valence-corrected chi connectivity index (χ4v) is 5.73. The molecule has 0 bridgehead atoms. The van der Waals surface area contributed by atoms with Gasteiger partial charge in [0, 0.05) is 18.6 Å². The molecule has 0 fully saturated rings. The van der Waals surface area contributed by atoms with E-state index in [9.17, 15) is 0 Å². The molecule has 0 saturated carbocycles. The largest absolute Gasteiger partial charge is 0.490 e. The fraction of sp³-hybridized carbons (Fsp3) is 0.900. The molecule has 0 aromatic carbocycles. The Morgan fingerprint density at radius 3 is 2.06 bits per heavy atom. The summed E-state index contributed by atoms with van der Waals surface area (Å²) in [5.74, 6) is 0. The van der Waals surface area contributed by atoms with E-state index in [-0.39, 0.29) is 12.2 Å². The van der Waals surface area contributed by atoms with Crippen molar-refractivity contribution in [2.45, 2.75) is 52.4 Å². The maximum absolute atomic E-state index is 5.78. The Morgan fingerprint density at radius 1 is 1.19 bits per heavy atom. The van der Waals surface area contributed by atoms with Gasteiger partial charge in [0.25, 0.3) is 0 Å². The van der Waals surface area contributed by atoms with Crippen LogP contribution in [-0.2, 0) is 13.6 Å². The van der Waals surface area contributed by atoms with E-state index in [1.807, 2.05) is 27.7 Å². The first-order valence-corrected chi connectivity index (χ1v) is 9.39. The molecule has 6 heteroatoms. The van der Waals surface area contributed by atoms with Crippen molar-refractivity contribution >= 4 is 35.1 Å². The lowest BCUT2D eigenvalue weighted by Crippen LogP contribution is -2.35. The smallest absolute Gasteiger partial charge is 0.353 e. The van der Waals surface area contributed by atoms with Crippen LogP contribution in [0, 0.1) is 0 Å². The van der Waals surface area contributed by atoms with Crippen LogP contribution in [0.3, 0.4) is 0 Å². The maximum Gasteiger partial charge on any atom is 0.353 e. The molecule has 0 amide bonds. The lowest BCUT2D eigenvalue weighted by molar-refractivity contribution is 0.143. The summed E-state index contributed by atoms with van der Waals surface area (Å²) >= 11 is 4.99. The van der Waals surface area contributed by atoms with Gasteiger partial charge in [0.05, 0.1) is 7.11 Å². The Labute approximate surface area is 108 Å². The minimum Gasteiger partial charge on any atom is -0.490 e. The molecule has 3 nitrogen and oxygen atoms in total. The van der Waals surface area contributed by atoms with Crippen LogP contribution in [0.2, 0.25) is 6.04 Å². The number of rotatable bonds is 8. The van der Waals surface area contributed by atoms with Crippen LogP contribution in [0.15, 0.2) is 0 Å². The zero-order valence-electron chi connectivity index (χ0n) is 10.7. The first kappa shape index (κ1) is 16.2. The predicted octanol–water partition coefficient (Wildman–Crippen LogP) is 2.31. The van der Waals surface area contributed by atoms with E-state index in [1.165, 1.54) is 0 Å². The highest BCUT2D eigenvalue weighted by Crippen LogP contribution is 2.03. The second-order valence-corrected chi connectivity index (χ2v) is 8.51. The minimum absolute atomic E-state index is 0.231. The van der Waals surface area contributed by atoms with Crippen molar-refractivity contribution in [3.05, 3.63) is 0 Å². The van der Waals surface area contributed by atoms with Crippen molar-refractivity contribution < 1.29 is 13.6 Å². The average molecular weight is 278 g/mol. The van der Waals surface area contributed by atoms with E-state index in [0.717, 1.165) is 12.5 Å². The summed E-state index contributed by atoms with van der Waals surface area (Å²) in [5.41, 5.74) is 0. The summed E-state index contributed by atoms with van der Waals surface area (Å²) < 4.78 is 16.5. The highest BCUT2D eigenvalue weighted by Gasteiger charge is 2.19. The highest BCUT2D eigenvalue weighted by atomic mass is 32.1. The Balaban J connectivity index is 3.86.